The number of amides is 1. The summed E-state index contributed by atoms with van der Waals surface area (Å²) in [7, 11) is 0. The van der Waals surface area contributed by atoms with Crippen molar-refractivity contribution in [3.63, 3.8) is 0 Å². The summed E-state index contributed by atoms with van der Waals surface area (Å²) in [5, 5.41) is 7.28. The van der Waals surface area contributed by atoms with E-state index in [2.05, 4.69) is 10.5 Å². The second-order valence-electron chi connectivity index (χ2n) is 6.30. The van der Waals surface area contributed by atoms with Gasteiger partial charge in [0.05, 0.1) is 23.9 Å². The summed E-state index contributed by atoms with van der Waals surface area (Å²) < 4.78 is 16.6. The number of carbonyl (C=O) groups excluding carboxylic acids is 1. The summed E-state index contributed by atoms with van der Waals surface area (Å²) >= 11 is 6.28. The summed E-state index contributed by atoms with van der Waals surface area (Å²) in [6.07, 6.45) is 0.807. The highest BCUT2D eigenvalue weighted by Crippen LogP contribution is 2.38. The van der Waals surface area contributed by atoms with E-state index < -0.39 is 0 Å². The quantitative estimate of drug-likeness (QED) is 0.891. The van der Waals surface area contributed by atoms with Gasteiger partial charge in [-0.05, 0) is 24.6 Å². The molecule has 0 fully saturated rings. The highest BCUT2D eigenvalue weighted by molar-refractivity contribution is 6.32. The van der Waals surface area contributed by atoms with Crippen LogP contribution < -0.4 is 14.8 Å². The van der Waals surface area contributed by atoms with Gasteiger partial charge in [0.1, 0.15) is 5.56 Å². The Hall–Kier alpha value is -2.21. The highest BCUT2D eigenvalue weighted by Gasteiger charge is 2.22. The van der Waals surface area contributed by atoms with Crippen LogP contribution in [-0.4, -0.2) is 24.3 Å². The third-order valence-electron chi connectivity index (χ3n) is 3.96. The van der Waals surface area contributed by atoms with Crippen molar-refractivity contribution in [2.45, 2.75) is 39.7 Å². The second-order valence-corrected chi connectivity index (χ2v) is 6.71. The molecule has 1 aliphatic heterocycles. The minimum Gasteiger partial charge on any atom is -0.489 e. The van der Waals surface area contributed by atoms with Crippen molar-refractivity contribution in [3.05, 3.63) is 39.7 Å². The Labute approximate surface area is 151 Å². The molecule has 1 N–H and O–H groups in total. The SMILES string of the molecule is Cc1noc(C(C)C)c1C(=O)NCc1cc(Cl)c2c(c1)OCCCO2. The first-order valence-electron chi connectivity index (χ1n) is 8.29. The summed E-state index contributed by atoms with van der Waals surface area (Å²) in [6.45, 7) is 7.15. The van der Waals surface area contributed by atoms with E-state index in [1.54, 1.807) is 13.0 Å². The van der Waals surface area contributed by atoms with E-state index >= 15 is 0 Å². The lowest BCUT2D eigenvalue weighted by Crippen LogP contribution is -2.24. The number of hydrogen-bond donors (Lipinski definition) is 1. The van der Waals surface area contributed by atoms with Gasteiger partial charge in [-0.2, -0.15) is 0 Å². The first kappa shape index (κ1) is 17.6. The van der Waals surface area contributed by atoms with E-state index in [4.69, 9.17) is 25.6 Å². The topological polar surface area (TPSA) is 73.6 Å². The van der Waals surface area contributed by atoms with Crippen LogP contribution in [-0.2, 0) is 6.54 Å². The average Bonchev–Trinajstić information content (AvgIpc) is 2.80. The van der Waals surface area contributed by atoms with Gasteiger partial charge in [0, 0.05) is 18.9 Å². The van der Waals surface area contributed by atoms with Gasteiger partial charge in [0.15, 0.2) is 17.3 Å². The van der Waals surface area contributed by atoms with Crippen LogP contribution in [0.1, 0.15) is 53.6 Å². The van der Waals surface area contributed by atoms with Crippen molar-refractivity contribution in [2.75, 3.05) is 13.2 Å². The Morgan fingerprint density at radius 1 is 1.32 bits per heavy atom. The van der Waals surface area contributed by atoms with Gasteiger partial charge in [0.2, 0.25) is 0 Å². The van der Waals surface area contributed by atoms with Crippen molar-refractivity contribution in [3.8, 4) is 11.5 Å². The second kappa shape index (κ2) is 7.35. The number of fused-ring (bicyclic) bond motifs is 1. The molecule has 1 aromatic heterocycles. The van der Waals surface area contributed by atoms with E-state index in [1.807, 2.05) is 19.9 Å². The zero-order valence-corrected chi connectivity index (χ0v) is 15.3. The van der Waals surface area contributed by atoms with Gasteiger partial charge >= 0.3 is 0 Å². The molecule has 7 heteroatoms. The molecule has 0 unspecified atom stereocenters. The van der Waals surface area contributed by atoms with Crippen molar-refractivity contribution >= 4 is 17.5 Å². The van der Waals surface area contributed by atoms with Crippen LogP contribution in [0.3, 0.4) is 0 Å². The number of aromatic nitrogens is 1. The molecule has 1 aromatic carbocycles. The molecule has 25 heavy (non-hydrogen) atoms. The van der Waals surface area contributed by atoms with Crippen LogP contribution >= 0.6 is 11.6 Å². The number of hydrogen-bond acceptors (Lipinski definition) is 5. The maximum atomic E-state index is 12.6. The molecule has 134 valence electrons. The molecule has 2 aromatic rings. The lowest BCUT2D eigenvalue weighted by molar-refractivity contribution is 0.0947. The lowest BCUT2D eigenvalue weighted by atomic mass is 10.0. The van der Waals surface area contributed by atoms with E-state index in [1.165, 1.54) is 0 Å². The molecule has 1 aliphatic rings. The van der Waals surface area contributed by atoms with E-state index in [0.717, 1.165) is 12.0 Å². The monoisotopic (exact) mass is 364 g/mol. The van der Waals surface area contributed by atoms with Crippen LogP contribution in [0.4, 0.5) is 0 Å². The maximum absolute atomic E-state index is 12.6. The molecule has 0 bridgehead atoms. The minimum atomic E-state index is -0.217. The van der Waals surface area contributed by atoms with E-state index in [9.17, 15) is 4.79 Å². The first-order valence-corrected chi connectivity index (χ1v) is 8.67. The molecule has 2 heterocycles. The molecular weight excluding hydrogens is 344 g/mol. The van der Waals surface area contributed by atoms with Crippen LogP contribution in [0, 0.1) is 6.92 Å². The third kappa shape index (κ3) is 3.74. The van der Waals surface area contributed by atoms with Gasteiger partial charge in [0.25, 0.3) is 5.91 Å². The number of rotatable bonds is 4. The predicted molar refractivity (Wildman–Crippen MR) is 93.6 cm³/mol. The van der Waals surface area contributed by atoms with Crippen LogP contribution in [0.25, 0.3) is 0 Å². The molecule has 3 rings (SSSR count). The Kier molecular flexibility index (Phi) is 5.18. The predicted octanol–water partition coefficient (Wildman–Crippen LogP) is 3.85. The zero-order valence-electron chi connectivity index (χ0n) is 14.5. The molecule has 0 atom stereocenters. The summed E-state index contributed by atoms with van der Waals surface area (Å²) in [4.78, 5) is 12.6. The van der Waals surface area contributed by atoms with Crippen LogP contribution in [0.5, 0.6) is 11.5 Å². The molecule has 0 radical (unpaired) electrons. The minimum absolute atomic E-state index is 0.0782. The van der Waals surface area contributed by atoms with E-state index in [-0.39, 0.29) is 11.8 Å². The standard InChI is InChI=1S/C18H21ClN2O4/c1-10(2)16-15(11(3)21-25-16)18(22)20-9-12-7-13(19)17-14(8-12)23-5-4-6-24-17/h7-8,10H,4-6,9H2,1-3H3,(H,20,22). The van der Waals surface area contributed by atoms with Gasteiger partial charge in [-0.3, -0.25) is 4.79 Å². The third-order valence-corrected chi connectivity index (χ3v) is 4.24. The van der Waals surface area contributed by atoms with Gasteiger partial charge in [-0.1, -0.05) is 30.6 Å². The van der Waals surface area contributed by atoms with E-state index in [0.29, 0.717) is 53.3 Å². The van der Waals surface area contributed by atoms with Crippen LogP contribution in [0.15, 0.2) is 16.7 Å². The number of nitrogens with zero attached hydrogens (tertiary/aromatic N) is 1. The molecule has 0 saturated heterocycles. The Bertz CT molecular complexity index is 786. The lowest BCUT2D eigenvalue weighted by Gasteiger charge is -2.12. The normalized spacial score (nSPS) is 13.6. The largest absolute Gasteiger partial charge is 0.489 e. The maximum Gasteiger partial charge on any atom is 0.257 e. The number of benzene rings is 1. The zero-order chi connectivity index (χ0) is 18.0. The fourth-order valence-electron chi connectivity index (χ4n) is 2.71. The number of nitrogens with one attached hydrogen (secondary N) is 1. The molecular formula is C18H21ClN2O4. The average molecular weight is 365 g/mol. The molecule has 0 saturated carbocycles. The molecule has 6 nitrogen and oxygen atoms in total. The van der Waals surface area contributed by atoms with Crippen LogP contribution in [0.2, 0.25) is 5.02 Å². The number of carbonyl (C=O) groups is 1. The molecule has 1 amide bonds. The van der Waals surface area contributed by atoms with Crippen molar-refractivity contribution in [1.82, 2.24) is 10.5 Å². The molecule has 0 aliphatic carbocycles. The highest BCUT2D eigenvalue weighted by atomic mass is 35.5. The summed E-state index contributed by atoms with van der Waals surface area (Å²) in [5.41, 5.74) is 1.91. The number of aryl methyl sites for hydroxylation is 1. The van der Waals surface area contributed by atoms with Gasteiger partial charge < -0.3 is 19.3 Å². The van der Waals surface area contributed by atoms with Crippen molar-refractivity contribution in [2.24, 2.45) is 0 Å². The molecule has 0 spiro atoms. The fraction of sp³-hybridized carbons (Fsp3) is 0.444. The number of halogens is 1. The Morgan fingerprint density at radius 2 is 2.08 bits per heavy atom. The van der Waals surface area contributed by atoms with Gasteiger partial charge in [-0.15, -0.1) is 0 Å². The first-order chi connectivity index (χ1) is 12.0. The van der Waals surface area contributed by atoms with Crippen molar-refractivity contribution < 1.29 is 18.8 Å². The summed E-state index contributed by atoms with van der Waals surface area (Å²) in [5.74, 6) is 1.62. The van der Waals surface area contributed by atoms with Crippen molar-refractivity contribution in [1.29, 1.82) is 0 Å². The Morgan fingerprint density at radius 3 is 2.84 bits per heavy atom. The van der Waals surface area contributed by atoms with Gasteiger partial charge in [-0.25, -0.2) is 0 Å². The number of ether oxygens (including phenoxy) is 2. The Balaban J connectivity index is 1.76. The fourth-order valence-corrected chi connectivity index (χ4v) is 3.00. The summed E-state index contributed by atoms with van der Waals surface area (Å²) in [6, 6.07) is 3.62. The smallest absolute Gasteiger partial charge is 0.257 e.